The predicted molar refractivity (Wildman–Crippen MR) is 83.5 cm³/mol. The fourth-order valence-corrected chi connectivity index (χ4v) is 4.04. The van der Waals surface area contributed by atoms with Crippen LogP contribution in [0.2, 0.25) is 0 Å². The van der Waals surface area contributed by atoms with E-state index in [0.29, 0.717) is 0 Å². The van der Waals surface area contributed by atoms with E-state index in [-0.39, 0.29) is 48.3 Å². The summed E-state index contributed by atoms with van der Waals surface area (Å²) in [6, 6.07) is 1.21. The molecule has 0 fully saturated rings. The van der Waals surface area contributed by atoms with E-state index in [1.165, 1.54) is 6.07 Å². The number of aromatic amines is 1. The number of aromatic nitrogens is 2. The fourth-order valence-electron chi connectivity index (χ4n) is 1.83. The molecule has 0 saturated carbocycles. The van der Waals surface area contributed by atoms with Crippen molar-refractivity contribution in [1.29, 1.82) is 0 Å². The van der Waals surface area contributed by atoms with Crippen molar-refractivity contribution >= 4 is 13.1 Å². The summed E-state index contributed by atoms with van der Waals surface area (Å²) in [5.41, 5.74) is 5.21. The molecule has 1 heterocycles. The fraction of sp³-hybridized carbons (Fsp3) is 0.692. The average Bonchev–Trinajstić information content (AvgIpc) is 2.36. The van der Waals surface area contributed by atoms with Crippen LogP contribution in [-0.2, 0) is 9.30 Å². The van der Waals surface area contributed by atoms with Crippen LogP contribution >= 0.6 is 7.14 Å². The van der Waals surface area contributed by atoms with Crippen molar-refractivity contribution in [1.82, 2.24) is 9.97 Å². The molecule has 120 valence electrons. The minimum absolute atomic E-state index is 0.00235. The number of nitrogen functional groups attached to an aromatic ring is 1. The summed E-state index contributed by atoms with van der Waals surface area (Å²) < 4.78 is 23.4. The Balaban J connectivity index is 2.41. The molecule has 1 aromatic heterocycles. The largest absolute Gasteiger partial charge is 0.475 e. The monoisotopic (exact) mass is 317 g/mol. The van der Waals surface area contributed by atoms with E-state index in [0.717, 1.165) is 0 Å². The third-order valence-electron chi connectivity index (χ3n) is 3.26. The minimum Gasteiger partial charge on any atom is -0.475 e. The van der Waals surface area contributed by atoms with Gasteiger partial charge < -0.3 is 19.8 Å². The molecule has 8 heteroatoms. The summed E-state index contributed by atoms with van der Waals surface area (Å²) in [5, 5.41) is 0. The number of nitrogens with zero attached hydrogens (tertiary/aromatic N) is 1. The third-order valence-corrected chi connectivity index (χ3v) is 7.34. The van der Waals surface area contributed by atoms with Gasteiger partial charge in [0.25, 0.3) is 5.56 Å². The molecule has 0 spiro atoms. The number of hydrogen-bond donors (Lipinski definition) is 2. The van der Waals surface area contributed by atoms with Gasteiger partial charge in [-0.2, -0.15) is 4.98 Å². The van der Waals surface area contributed by atoms with E-state index < -0.39 is 7.14 Å². The number of rotatable bonds is 8. The summed E-state index contributed by atoms with van der Waals surface area (Å²) in [5.74, 6) is 0.151. The first-order chi connectivity index (χ1) is 9.75. The highest BCUT2D eigenvalue weighted by molar-refractivity contribution is 7.65. The quantitative estimate of drug-likeness (QED) is 0.560. The van der Waals surface area contributed by atoms with Gasteiger partial charge in [0.05, 0.1) is 12.7 Å². The molecule has 0 bridgehead atoms. The van der Waals surface area contributed by atoms with Crippen LogP contribution in [-0.4, -0.2) is 40.8 Å². The molecule has 0 radical (unpaired) electrons. The van der Waals surface area contributed by atoms with E-state index in [1.807, 2.05) is 27.7 Å². The van der Waals surface area contributed by atoms with Crippen LogP contribution in [0.5, 0.6) is 5.88 Å². The van der Waals surface area contributed by atoms with Gasteiger partial charge in [0, 0.05) is 11.3 Å². The maximum atomic E-state index is 12.7. The summed E-state index contributed by atoms with van der Waals surface area (Å²) >= 11 is 0. The molecule has 0 unspecified atom stereocenters. The number of nitrogens with two attached hydrogens (primary N) is 1. The molecular weight excluding hydrogens is 293 g/mol. The Kier molecular flexibility index (Phi) is 6.42. The lowest BCUT2D eigenvalue weighted by molar-refractivity contribution is 0.127. The normalized spacial score (nSPS) is 12.1. The van der Waals surface area contributed by atoms with Gasteiger partial charge in [-0.25, -0.2) is 0 Å². The summed E-state index contributed by atoms with van der Waals surface area (Å²) in [4.78, 5) is 17.3. The van der Waals surface area contributed by atoms with Crippen LogP contribution in [0.3, 0.4) is 0 Å². The Hall–Kier alpha value is -1.33. The molecule has 0 amide bonds. The zero-order valence-corrected chi connectivity index (χ0v) is 13.9. The van der Waals surface area contributed by atoms with Crippen molar-refractivity contribution in [2.75, 3.05) is 25.3 Å². The minimum atomic E-state index is -2.36. The SMILES string of the molecule is CC(C)P(=O)(COCCOc1cc(=O)[nH]c(N)n1)C(C)C. The lowest BCUT2D eigenvalue weighted by Gasteiger charge is -2.25. The van der Waals surface area contributed by atoms with Gasteiger partial charge in [0.2, 0.25) is 11.8 Å². The smallest absolute Gasteiger partial charge is 0.256 e. The summed E-state index contributed by atoms with van der Waals surface area (Å²) in [7, 11) is -2.36. The maximum Gasteiger partial charge on any atom is 0.256 e. The zero-order valence-electron chi connectivity index (χ0n) is 13.0. The van der Waals surface area contributed by atoms with Crippen molar-refractivity contribution in [3.05, 3.63) is 16.4 Å². The van der Waals surface area contributed by atoms with Crippen LogP contribution < -0.4 is 16.0 Å². The van der Waals surface area contributed by atoms with E-state index >= 15 is 0 Å². The molecule has 0 aliphatic rings. The highest BCUT2D eigenvalue weighted by atomic mass is 31.2. The molecule has 0 aliphatic carbocycles. The van der Waals surface area contributed by atoms with Crippen molar-refractivity contribution in [2.45, 2.75) is 39.0 Å². The standard InChI is InChI=1S/C13H24N3O4P/c1-9(2)21(18,10(3)4)8-19-5-6-20-12-7-11(17)15-13(14)16-12/h7,9-10H,5-6,8H2,1-4H3,(H3,14,15,16,17). The molecular formula is C13H24N3O4P. The van der Waals surface area contributed by atoms with Gasteiger partial charge in [-0.3, -0.25) is 9.78 Å². The highest BCUT2D eigenvalue weighted by Crippen LogP contribution is 2.54. The van der Waals surface area contributed by atoms with E-state index in [4.69, 9.17) is 15.2 Å². The molecule has 1 aromatic rings. The lowest BCUT2D eigenvalue weighted by atomic mass is 10.5. The van der Waals surface area contributed by atoms with Gasteiger partial charge >= 0.3 is 0 Å². The van der Waals surface area contributed by atoms with Gasteiger partial charge in [-0.1, -0.05) is 27.7 Å². The Labute approximate surface area is 124 Å². The first-order valence-electron chi connectivity index (χ1n) is 6.91. The third kappa shape index (κ3) is 5.17. The number of ether oxygens (including phenoxy) is 2. The second-order valence-corrected chi connectivity index (χ2v) is 9.43. The molecule has 7 nitrogen and oxygen atoms in total. The average molecular weight is 317 g/mol. The second-order valence-electron chi connectivity index (χ2n) is 5.40. The first-order valence-corrected chi connectivity index (χ1v) is 8.94. The van der Waals surface area contributed by atoms with Gasteiger partial charge in [0.1, 0.15) is 20.1 Å². The van der Waals surface area contributed by atoms with E-state index in [9.17, 15) is 9.36 Å². The van der Waals surface area contributed by atoms with Crippen molar-refractivity contribution in [3.8, 4) is 5.88 Å². The van der Waals surface area contributed by atoms with Crippen molar-refractivity contribution < 1.29 is 14.0 Å². The molecule has 0 aliphatic heterocycles. The topological polar surface area (TPSA) is 107 Å². The van der Waals surface area contributed by atoms with Crippen LogP contribution in [0.25, 0.3) is 0 Å². The lowest BCUT2D eigenvalue weighted by Crippen LogP contribution is -2.17. The van der Waals surface area contributed by atoms with Gasteiger partial charge in [-0.05, 0) is 0 Å². The Morgan fingerprint density at radius 1 is 1.29 bits per heavy atom. The van der Waals surface area contributed by atoms with E-state index in [1.54, 1.807) is 0 Å². The summed E-state index contributed by atoms with van der Waals surface area (Å²) in [6.07, 6.45) is 0.233. The molecule has 0 aromatic carbocycles. The van der Waals surface area contributed by atoms with E-state index in [2.05, 4.69) is 9.97 Å². The number of nitrogens with one attached hydrogen (secondary N) is 1. The van der Waals surface area contributed by atoms with Gasteiger partial charge in [0.15, 0.2) is 0 Å². The number of H-pyrrole nitrogens is 1. The van der Waals surface area contributed by atoms with Crippen LogP contribution in [0.15, 0.2) is 10.9 Å². The molecule has 1 rings (SSSR count). The molecule has 0 atom stereocenters. The second kappa shape index (κ2) is 7.61. The Morgan fingerprint density at radius 3 is 2.43 bits per heavy atom. The zero-order chi connectivity index (χ0) is 16.0. The molecule has 3 N–H and O–H groups in total. The number of hydrogen-bond acceptors (Lipinski definition) is 6. The van der Waals surface area contributed by atoms with Crippen LogP contribution in [0.1, 0.15) is 27.7 Å². The highest BCUT2D eigenvalue weighted by Gasteiger charge is 2.30. The maximum absolute atomic E-state index is 12.7. The Morgan fingerprint density at radius 2 is 1.90 bits per heavy atom. The summed E-state index contributed by atoms with van der Waals surface area (Å²) in [6.45, 7) is 8.28. The molecule has 0 saturated heterocycles. The Bertz CT molecular complexity index is 545. The first kappa shape index (κ1) is 17.7. The number of anilines is 1. The van der Waals surface area contributed by atoms with Crippen molar-refractivity contribution in [2.24, 2.45) is 0 Å². The van der Waals surface area contributed by atoms with Gasteiger partial charge in [-0.15, -0.1) is 0 Å². The molecule has 21 heavy (non-hydrogen) atoms. The van der Waals surface area contributed by atoms with Crippen LogP contribution in [0.4, 0.5) is 5.95 Å². The van der Waals surface area contributed by atoms with Crippen LogP contribution in [0, 0.1) is 0 Å². The predicted octanol–water partition coefficient (Wildman–Crippen LogP) is 1.88. The van der Waals surface area contributed by atoms with Crippen molar-refractivity contribution in [3.63, 3.8) is 0 Å².